The number of amides is 1. The van der Waals surface area contributed by atoms with E-state index in [9.17, 15) is 4.79 Å². The van der Waals surface area contributed by atoms with Gasteiger partial charge in [-0.05, 0) is 43.2 Å². The van der Waals surface area contributed by atoms with Crippen LogP contribution < -0.4 is 5.32 Å². The number of rotatable bonds is 8. The summed E-state index contributed by atoms with van der Waals surface area (Å²) in [5.74, 6) is 1.22. The van der Waals surface area contributed by atoms with Crippen molar-refractivity contribution in [2.75, 3.05) is 6.54 Å². The van der Waals surface area contributed by atoms with Gasteiger partial charge in [0.1, 0.15) is 16.5 Å². The molecule has 0 aliphatic carbocycles. The van der Waals surface area contributed by atoms with Gasteiger partial charge in [-0.1, -0.05) is 59.2 Å². The fraction of sp³-hybridized carbons (Fsp3) is 0.182. The number of carbonyl (C=O) groups is 1. The minimum absolute atomic E-state index is 0.203. The lowest BCUT2D eigenvalue weighted by Crippen LogP contribution is -2.26. The second-order valence-corrected chi connectivity index (χ2v) is 9.59. The fourth-order valence-corrected chi connectivity index (χ4v) is 5.34. The molecule has 0 aliphatic rings. The van der Waals surface area contributed by atoms with Gasteiger partial charge < -0.3 is 5.32 Å². The molecule has 6 nitrogen and oxygen atoms in total. The second-order valence-electron chi connectivity index (χ2n) is 6.86. The van der Waals surface area contributed by atoms with Gasteiger partial charge >= 0.3 is 0 Å². The molecule has 0 bridgehead atoms. The lowest BCUT2D eigenvalue weighted by atomic mass is 10.1. The molecule has 0 radical (unpaired) electrons. The van der Waals surface area contributed by atoms with Crippen molar-refractivity contribution in [2.45, 2.75) is 24.3 Å². The Morgan fingerprint density at radius 1 is 1.16 bits per heavy atom. The van der Waals surface area contributed by atoms with Gasteiger partial charge in [0.15, 0.2) is 5.16 Å². The van der Waals surface area contributed by atoms with Crippen LogP contribution in [-0.4, -0.2) is 32.2 Å². The van der Waals surface area contributed by atoms with Crippen LogP contribution in [0.15, 0.2) is 59.1 Å². The maximum absolute atomic E-state index is 12.4. The zero-order valence-electron chi connectivity index (χ0n) is 17.1. The molecule has 2 aromatic carbocycles. The summed E-state index contributed by atoms with van der Waals surface area (Å²) in [4.78, 5) is 16.9. The molecule has 0 spiro atoms. The lowest BCUT2D eigenvalue weighted by Gasteiger charge is -2.07. The third-order valence-corrected chi connectivity index (χ3v) is 7.17. The van der Waals surface area contributed by atoms with Crippen LogP contribution in [-0.2, 0) is 12.2 Å². The molecular weight excluding hydrogens is 485 g/mol. The van der Waals surface area contributed by atoms with Gasteiger partial charge in [0.05, 0.1) is 5.75 Å². The van der Waals surface area contributed by atoms with Crippen LogP contribution in [0.25, 0.3) is 5.69 Å². The van der Waals surface area contributed by atoms with E-state index in [1.807, 2.05) is 47.9 Å². The zero-order valence-corrected chi connectivity index (χ0v) is 20.2. The Balaban J connectivity index is 1.33. The number of hydrogen-bond acceptors (Lipinski definition) is 6. The predicted octanol–water partition coefficient (Wildman–Crippen LogP) is 5.60. The molecular formula is C22H19Cl2N5OS2. The topological polar surface area (TPSA) is 72.7 Å². The average molecular weight is 504 g/mol. The Bertz CT molecular complexity index is 1230. The van der Waals surface area contributed by atoms with Crippen LogP contribution >= 0.6 is 46.3 Å². The molecule has 0 unspecified atom stereocenters. The molecule has 32 heavy (non-hydrogen) atoms. The van der Waals surface area contributed by atoms with Gasteiger partial charge in [0.2, 0.25) is 0 Å². The normalized spacial score (nSPS) is 11.0. The number of aromatic nitrogens is 4. The first-order valence-electron chi connectivity index (χ1n) is 9.78. The van der Waals surface area contributed by atoms with Crippen molar-refractivity contribution in [1.82, 2.24) is 25.1 Å². The molecule has 10 heteroatoms. The van der Waals surface area contributed by atoms with E-state index in [2.05, 4.69) is 20.5 Å². The number of hydrogen-bond donors (Lipinski definition) is 1. The van der Waals surface area contributed by atoms with Gasteiger partial charge in [-0.3, -0.25) is 9.36 Å². The molecule has 0 aliphatic heterocycles. The maximum Gasteiger partial charge on any atom is 0.270 e. The number of halogens is 2. The van der Waals surface area contributed by atoms with Crippen LogP contribution in [0, 0.1) is 6.92 Å². The number of benzene rings is 2. The van der Waals surface area contributed by atoms with Crippen molar-refractivity contribution in [3.8, 4) is 5.69 Å². The first-order chi connectivity index (χ1) is 15.5. The summed E-state index contributed by atoms with van der Waals surface area (Å²) in [6, 6.07) is 15.3. The smallest absolute Gasteiger partial charge is 0.270 e. The van der Waals surface area contributed by atoms with Crippen LogP contribution in [0.1, 0.15) is 26.9 Å². The number of nitrogens with one attached hydrogen (secondary N) is 1. The van der Waals surface area contributed by atoms with E-state index in [0.717, 1.165) is 27.2 Å². The summed E-state index contributed by atoms with van der Waals surface area (Å²) in [6.07, 6.45) is 0.614. The van der Waals surface area contributed by atoms with Crippen LogP contribution in [0.4, 0.5) is 0 Å². The van der Waals surface area contributed by atoms with Crippen molar-refractivity contribution >= 4 is 52.2 Å². The molecule has 1 amide bonds. The molecule has 0 atom stereocenters. The zero-order chi connectivity index (χ0) is 22.5. The molecule has 2 aromatic heterocycles. The predicted molar refractivity (Wildman–Crippen MR) is 130 cm³/mol. The second kappa shape index (κ2) is 10.5. The van der Waals surface area contributed by atoms with Gasteiger partial charge in [-0.25, -0.2) is 4.98 Å². The van der Waals surface area contributed by atoms with Gasteiger partial charge in [0.25, 0.3) is 5.91 Å². The number of para-hydroxylation sites is 1. The highest BCUT2D eigenvalue weighted by Crippen LogP contribution is 2.26. The van der Waals surface area contributed by atoms with Crippen LogP contribution in [0.5, 0.6) is 0 Å². The molecule has 0 saturated carbocycles. The maximum atomic E-state index is 12.4. The van der Waals surface area contributed by atoms with E-state index in [4.69, 9.17) is 23.2 Å². The molecule has 1 N–H and O–H groups in total. The molecule has 164 valence electrons. The minimum atomic E-state index is -0.203. The SMILES string of the molecule is Cc1nnc(SCc2nc(C(=O)NCCc3ccc(Cl)cc3Cl)cs2)n1-c1ccccc1. The largest absolute Gasteiger partial charge is 0.350 e. The first-order valence-corrected chi connectivity index (χ1v) is 12.4. The lowest BCUT2D eigenvalue weighted by molar-refractivity contribution is 0.0949. The standard InChI is InChI=1S/C22H19Cl2N5OS2/c1-14-27-28-22(29(14)17-5-3-2-4-6-17)32-13-20-26-19(12-31-20)21(30)25-10-9-15-7-8-16(23)11-18(15)24/h2-8,11-12H,9-10,13H2,1H3,(H,25,30). The van der Waals surface area contributed by atoms with Crippen molar-refractivity contribution in [3.05, 3.63) is 86.0 Å². The number of nitrogens with zero attached hydrogens (tertiary/aromatic N) is 4. The molecule has 4 aromatic rings. The Morgan fingerprint density at radius 3 is 2.75 bits per heavy atom. The monoisotopic (exact) mass is 503 g/mol. The van der Waals surface area contributed by atoms with Crippen molar-refractivity contribution in [1.29, 1.82) is 0 Å². The highest BCUT2D eigenvalue weighted by atomic mass is 35.5. The quantitative estimate of drug-likeness (QED) is 0.316. The highest BCUT2D eigenvalue weighted by molar-refractivity contribution is 7.98. The number of thiazole rings is 1. The van der Waals surface area contributed by atoms with E-state index in [1.54, 1.807) is 17.5 Å². The third kappa shape index (κ3) is 5.50. The molecule has 0 saturated heterocycles. The Morgan fingerprint density at radius 2 is 1.97 bits per heavy atom. The van der Waals surface area contributed by atoms with Gasteiger partial charge in [-0.2, -0.15) is 0 Å². The summed E-state index contributed by atoms with van der Waals surface area (Å²) >= 11 is 15.1. The fourth-order valence-electron chi connectivity index (χ4n) is 3.04. The summed E-state index contributed by atoms with van der Waals surface area (Å²) < 4.78 is 2.01. The summed E-state index contributed by atoms with van der Waals surface area (Å²) in [5.41, 5.74) is 2.36. The summed E-state index contributed by atoms with van der Waals surface area (Å²) in [7, 11) is 0. The average Bonchev–Trinajstić information content (AvgIpc) is 3.41. The van der Waals surface area contributed by atoms with E-state index in [-0.39, 0.29) is 5.91 Å². The van der Waals surface area contributed by atoms with Crippen LogP contribution in [0.3, 0.4) is 0 Å². The van der Waals surface area contributed by atoms with Crippen molar-refractivity contribution < 1.29 is 4.79 Å². The van der Waals surface area contributed by atoms with E-state index in [0.29, 0.717) is 34.5 Å². The summed E-state index contributed by atoms with van der Waals surface area (Å²) in [5, 5.41) is 16.0. The van der Waals surface area contributed by atoms with E-state index < -0.39 is 0 Å². The number of carbonyl (C=O) groups excluding carboxylic acids is 1. The van der Waals surface area contributed by atoms with Crippen molar-refractivity contribution in [2.24, 2.45) is 0 Å². The Labute approximate surface area is 204 Å². The Hall–Kier alpha value is -2.39. The van der Waals surface area contributed by atoms with Gasteiger partial charge in [-0.15, -0.1) is 21.5 Å². The van der Waals surface area contributed by atoms with E-state index >= 15 is 0 Å². The van der Waals surface area contributed by atoms with E-state index in [1.165, 1.54) is 23.1 Å². The number of thioether (sulfide) groups is 1. The van der Waals surface area contributed by atoms with Crippen molar-refractivity contribution in [3.63, 3.8) is 0 Å². The molecule has 2 heterocycles. The van der Waals surface area contributed by atoms with Gasteiger partial charge in [0, 0.05) is 27.7 Å². The number of aryl methyl sites for hydroxylation is 1. The highest BCUT2D eigenvalue weighted by Gasteiger charge is 2.14. The first kappa shape index (κ1) is 22.8. The molecule has 0 fully saturated rings. The minimum Gasteiger partial charge on any atom is -0.350 e. The third-order valence-electron chi connectivity index (χ3n) is 4.61. The summed E-state index contributed by atoms with van der Waals surface area (Å²) in [6.45, 7) is 2.38. The Kier molecular flexibility index (Phi) is 7.47. The van der Waals surface area contributed by atoms with Crippen LogP contribution in [0.2, 0.25) is 10.0 Å². The molecule has 4 rings (SSSR count).